The quantitative estimate of drug-likeness (QED) is 0.552. The Balaban J connectivity index is 1.52. The van der Waals surface area contributed by atoms with Crippen LogP contribution in [0.3, 0.4) is 0 Å². The second-order valence-corrected chi connectivity index (χ2v) is 6.38. The van der Waals surface area contributed by atoms with Gasteiger partial charge in [-0.3, -0.25) is 4.79 Å². The minimum absolute atomic E-state index is 0.0420. The molecule has 0 N–H and O–H groups in total. The Morgan fingerprint density at radius 1 is 1.29 bits per heavy atom. The van der Waals surface area contributed by atoms with Gasteiger partial charge in [0.2, 0.25) is 0 Å². The van der Waals surface area contributed by atoms with Crippen LogP contribution in [0.15, 0.2) is 12.2 Å². The Morgan fingerprint density at radius 3 is 2.65 bits per heavy atom. The molecule has 3 unspecified atom stereocenters. The standard InChI is InChI=1S/C15H22O2/c1-15(6-2-3-7-15)17-14(16)10-13-9-11-4-5-12(13)8-11/h4-5,11-13H,2-3,6-10H2,1H3. The first kappa shape index (κ1) is 11.3. The average molecular weight is 234 g/mol. The molecule has 0 aromatic heterocycles. The van der Waals surface area contributed by atoms with Crippen molar-refractivity contribution in [3.8, 4) is 0 Å². The molecule has 0 aliphatic heterocycles. The molecule has 2 saturated carbocycles. The number of esters is 1. The van der Waals surface area contributed by atoms with E-state index in [-0.39, 0.29) is 11.6 Å². The van der Waals surface area contributed by atoms with Crippen molar-refractivity contribution in [3.63, 3.8) is 0 Å². The molecule has 0 heterocycles. The summed E-state index contributed by atoms with van der Waals surface area (Å²) >= 11 is 0. The molecular formula is C15H22O2. The van der Waals surface area contributed by atoms with E-state index in [4.69, 9.17) is 4.74 Å². The van der Waals surface area contributed by atoms with Gasteiger partial charge < -0.3 is 4.74 Å². The van der Waals surface area contributed by atoms with Crippen LogP contribution in [0.5, 0.6) is 0 Å². The van der Waals surface area contributed by atoms with E-state index in [1.807, 2.05) is 0 Å². The van der Waals surface area contributed by atoms with Gasteiger partial charge in [0.15, 0.2) is 0 Å². The number of ether oxygens (including phenoxy) is 1. The van der Waals surface area contributed by atoms with Gasteiger partial charge in [-0.05, 0) is 63.2 Å². The number of carbonyl (C=O) groups is 1. The molecule has 0 spiro atoms. The number of rotatable bonds is 3. The molecule has 2 fully saturated rings. The summed E-state index contributed by atoms with van der Waals surface area (Å²) in [6, 6.07) is 0. The molecule has 0 saturated heterocycles. The monoisotopic (exact) mass is 234 g/mol. The van der Waals surface area contributed by atoms with Crippen LogP contribution in [0.2, 0.25) is 0 Å². The third-order valence-corrected chi connectivity index (χ3v) is 4.87. The lowest BCUT2D eigenvalue weighted by molar-refractivity contribution is -0.158. The summed E-state index contributed by atoms with van der Waals surface area (Å²) in [6.07, 6.45) is 12.3. The van der Waals surface area contributed by atoms with E-state index in [1.54, 1.807) is 0 Å². The predicted molar refractivity (Wildman–Crippen MR) is 66.4 cm³/mol. The van der Waals surface area contributed by atoms with Crippen LogP contribution >= 0.6 is 0 Å². The van der Waals surface area contributed by atoms with Gasteiger partial charge in [0.25, 0.3) is 0 Å². The van der Waals surface area contributed by atoms with E-state index >= 15 is 0 Å². The lowest BCUT2D eigenvalue weighted by Crippen LogP contribution is -2.29. The minimum atomic E-state index is -0.148. The largest absolute Gasteiger partial charge is 0.459 e. The summed E-state index contributed by atoms with van der Waals surface area (Å²) in [4.78, 5) is 12.0. The van der Waals surface area contributed by atoms with Gasteiger partial charge in [0.1, 0.15) is 5.60 Å². The first-order valence-electron chi connectivity index (χ1n) is 7.05. The summed E-state index contributed by atoms with van der Waals surface area (Å²) < 4.78 is 5.71. The van der Waals surface area contributed by atoms with E-state index in [1.165, 1.54) is 25.7 Å². The fourth-order valence-electron chi connectivity index (χ4n) is 3.88. The average Bonchev–Trinajstić information content (AvgIpc) is 2.93. The molecular weight excluding hydrogens is 212 g/mol. The van der Waals surface area contributed by atoms with Crippen molar-refractivity contribution in [1.82, 2.24) is 0 Å². The number of hydrogen-bond acceptors (Lipinski definition) is 2. The third-order valence-electron chi connectivity index (χ3n) is 4.87. The lowest BCUT2D eigenvalue weighted by atomic mass is 9.90. The number of hydrogen-bond donors (Lipinski definition) is 0. The Labute approximate surface area is 103 Å². The molecule has 0 aromatic carbocycles. The minimum Gasteiger partial charge on any atom is -0.459 e. The van der Waals surface area contributed by atoms with Crippen LogP contribution in [-0.4, -0.2) is 11.6 Å². The molecule has 0 radical (unpaired) electrons. The van der Waals surface area contributed by atoms with E-state index in [0.717, 1.165) is 18.8 Å². The highest BCUT2D eigenvalue weighted by molar-refractivity contribution is 5.70. The highest BCUT2D eigenvalue weighted by Crippen LogP contribution is 2.45. The van der Waals surface area contributed by atoms with Gasteiger partial charge in [-0.1, -0.05) is 12.2 Å². The maximum absolute atomic E-state index is 12.0. The molecule has 3 rings (SSSR count). The fourth-order valence-corrected chi connectivity index (χ4v) is 3.88. The summed E-state index contributed by atoms with van der Waals surface area (Å²) in [5.41, 5.74) is -0.148. The molecule has 17 heavy (non-hydrogen) atoms. The van der Waals surface area contributed by atoms with Crippen molar-refractivity contribution < 1.29 is 9.53 Å². The van der Waals surface area contributed by atoms with Crippen LogP contribution in [0.25, 0.3) is 0 Å². The SMILES string of the molecule is CC1(OC(=O)CC2CC3C=CC2C3)CCCC1. The maximum atomic E-state index is 12.0. The van der Waals surface area contributed by atoms with Crippen molar-refractivity contribution >= 4 is 5.97 Å². The molecule has 0 aromatic rings. The zero-order chi connectivity index (χ0) is 11.9. The van der Waals surface area contributed by atoms with Gasteiger partial charge >= 0.3 is 5.97 Å². The van der Waals surface area contributed by atoms with Crippen LogP contribution < -0.4 is 0 Å². The van der Waals surface area contributed by atoms with Crippen molar-refractivity contribution in [2.24, 2.45) is 17.8 Å². The Kier molecular flexibility index (Phi) is 2.76. The maximum Gasteiger partial charge on any atom is 0.306 e. The van der Waals surface area contributed by atoms with Gasteiger partial charge in [-0.2, -0.15) is 0 Å². The summed E-state index contributed by atoms with van der Waals surface area (Å²) in [6.45, 7) is 2.10. The summed E-state index contributed by atoms with van der Waals surface area (Å²) in [5.74, 6) is 2.01. The Morgan fingerprint density at radius 2 is 2.06 bits per heavy atom. The first-order chi connectivity index (χ1) is 8.15. The number of allylic oxidation sites excluding steroid dienone is 2. The molecule has 2 nitrogen and oxygen atoms in total. The molecule has 3 aliphatic carbocycles. The molecule has 2 bridgehead atoms. The summed E-state index contributed by atoms with van der Waals surface area (Å²) in [7, 11) is 0. The van der Waals surface area contributed by atoms with Crippen molar-refractivity contribution in [2.45, 2.75) is 57.5 Å². The first-order valence-corrected chi connectivity index (χ1v) is 7.05. The predicted octanol–water partition coefficient (Wildman–Crippen LogP) is 3.46. The van der Waals surface area contributed by atoms with Crippen molar-refractivity contribution in [2.75, 3.05) is 0 Å². The van der Waals surface area contributed by atoms with Crippen LogP contribution in [0.1, 0.15) is 51.9 Å². The van der Waals surface area contributed by atoms with Crippen molar-refractivity contribution in [3.05, 3.63) is 12.2 Å². The zero-order valence-electron chi connectivity index (χ0n) is 10.7. The van der Waals surface area contributed by atoms with E-state index < -0.39 is 0 Å². The Bertz CT molecular complexity index is 339. The topological polar surface area (TPSA) is 26.3 Å². The normalized spacial score (nSPS) is 37.6. The molecule has 2 heteroatoms. The number of fused-ring (bicyclic) bond motifs is 2. The van der Waals surface area contributed by atoms with Gasteiger partial charge in [0.05, 0.1) is 0 Å². The Hall–Kier alpha value is -0.790. The van der Waals surface area contributed by atoms with E-state index in [9.17, 15) is 4.79 Å². The molecule has 0 amide bonds. The van der Waals surface area contributed by atoms with Gasteiger partial charge in [0, 0.05) is 6.42 Å². The van der Waals surface area contributed by atoms with Gasteiger partial charge in [-0.15, -0.1) is 0 Å². The smallest absolute Gasteiger partial charge is 0.306 e. The third kappa shape index (κ3) is 2.27. The fraction of sp³-hybridized carbons (Fsp3) is 0.800. The molecule has 3 aliphatic rings. The second-order valence-electron chi connectivity index (χ2n) is 6.38. The van der Waals surface area contributed by atoms with E-state index in [2.05, 4.69) is 19.1 Å². The van der Waals surface area contributed by atoms with Crippen LogP contribution in [0.4, 0.5) is 0 Å². The van der Waals surface area contributed by atoms with E-state index in [0.29, 0.717) is 18.3 Å². The van der Waals surface area contributed by atoms with Crippen LogP contribution in [0, 0.1) is 17.8 Å². The van der Waals surface area contributed by atoms with Gasteiger partial charge in [-0.25, -0.2) is 0 Å². The second kappa shape index (κ2) is 4.15. The molecule has 94 valence electrons. The highest BCUT2D eigenvalue weighted by atomic mass is 16.6. The number of carbonyl (C=O) groups excluding carboxylic acids is 1. The van der Waals surface area contributed by atoms with Crippen LogP contribution in [-0.2, 0) is 9.53 Å². The molecule has 3 atom stereocenters. The highest BCUT2D eigenvalue weighted by Gasteiger charge is 2.38. The zero-order valence-corrected chi connectivity index (χ0v) is 10.7. The summed E-state index contributed by atoms with van der Waals surface area (Å²) in [5, 5.41) is 0. The van der Waals surface area contributed by atoms with Crippen molar-refractivity contribution in [1.29, 1.82) is 0 Å². The lowest BCUT2D eigenvalue weighted by Gasteiger charge is -2.26.